The van der Waals surface area contributed by atoms with Crippen molar-refractivity contribution in [1.29, 1.82) is 0 Å². The average molecular weight is 616 g/mol. The molecular weight excluding hydrogens is 570 g/mol. The number of benzene rings is 3. The number of nitrogens with zero attached hydrogens (tertiary/aromatic N) is 1. The van der Waals surface area contributed by atoms with E-state index in [0.717, 1.165) is 22.3 Å². The molecule has 0 saturated carbocycles. The lowest BCUT2D eigenvalue weighted by molar-refractivity contribution is -0.130. The summed E-state index contributed by atoms with van der Waals surface area (Å²) in [6, 6.07) is 22.1. The van der Waals surface area contributed by atoms with E-state index in [9.17, 15) is 19.5 Å². The number of carbonyl (C=O) groups is 3. The SMILES string of the molecule is Cc1cccc(C)c1OCC(=O)N[C@H](C(O)C[C@H](Cc1ccccc1)C(=O)C(C(C)C)N1CCOC1=O)C(N)c1ccccc1. The number of cyclic esters (lactones) is 1. The number of carbonyl (C=O) groups excluding carboxylic acids is 3. The number of nitrogens with one attached hydrogen (secondary N) is 1. The zero-order valence-electron chi connectivity index (χ0n) is 26.5. The molecule has 3 aromatic rings. The number of hydrogen-bond donors (Lipinski definition) is 3. The van der Waals surface area contributed by atoms with Gasteiger partial charge in [-0.25, -0.2) is 4.79 Å². The van der Waals surface area contributed by atoms with Crippen molar-refractivity contribution in [3.8, 4) is 5.75 Å². The maximum atomic E-state index is 14.3. The standard InChI is InChI=1S/C36H45N3O6/c1-23(2)33(39-18-19-44-36(39)43)34(42)28(20-26-14-7-5-8-15-26)21-29(40)32(31(37)27-16-9-6-10-17-27)38-30(41)22-45-35-24(3)12-11-13-25(35)4/h5-17,23,28-29,31-33,40H,18-22,37H2,1-4H3,(H,38,41)/t28-,29?,31?,32+,33?/m0/s1. The first-order valence-corrected chi connectivity index (χ1v) is 15.5. The molecule has 0 radical (unpaired) electrons. The molecule has 4 rings (SSSR count). The van der Waals surface area contributed by atoms with Gasteiger partial charge in [-0.05, 0) is 54.9 Å². The minimum atomic E-state index is -1.19. The minimum Gasteiger partial charge on any atom is -0.483 e. The first kappa shape index (κ1) is 33.7. The van der Waals surface area contributed by atoms with Crippen molar-refractivity contribution in [2.45, 2.75) is 64.8 Å². The summed E-state index contributed by atoms with van der Waals surface area (Å²) in [6.07, 6.45) is -1.34. The molecule has 2 amide bonds. The number of ether oxygens (including phenoxy) is 2. The smallest absolute Gasteiger partial charge is 0.410 e. The van der Waals surface area contributed by atoms with E-state index in [1.807, 2.05) is 107 Å². The van der Waals surface area contributed by atoms with Crippen molar-refractivity contribution in [1.82, 2.24) is 10.2 Å². The molecule has 240 valence electrons. The van der Waals surface area contributed by atoms with E-state index in [1.54, 1.807) is 0 Å². The second-order valence-corrected chi connectivity index (χ2v) is 12.1. The fourth-order valence-electron chi connectivity index (χ4n) is 6.08. The lowest BCUT2D eigenvalue weighted by atomic mass is 9.81. The van der Waals surface area contributed by atoms with Gasteiger partial charge in [0, 0.05) is 5.92 Å². The van der Waals surface area contributed by atoms with Crippen LogP contribution in [-0.4, -0.2) is 65.7 Å². The maximum Gasteiger partial charge on any atom is 0.410 e. The van der Waals surface area contributed by atoms with E-state index >= 15 is 0 Å². The summed E-state index contributed by atoms with van der Waals surface area (Å²) in [4.78, 5) is 41.6. The molecule has 0 aromatic heterocycles. The number of ketones is 1. The Balaban J connectivity index is 1.60. The highest BCUT2D eigenvalue weighted by molar-refractivity contribution is 5.90. The molecule has 1 saturated heterocycles. The third kappa shape index (κ3) is 8.71. The van der Waals surface area contributed by atoms with Crippen molar-refractivity contribution in [2.75, 3.05) is 19.8 Å². The summed E-state index contributed by atoms with van der Waals surface area (Å²) >= 11 is 0. The molecule has 0 spiro atoms. The van der Waals surface area contributed by atoms with Gasteiger partial charge in [-0.1, -0.05) is 92.7 Å². The monoisotopic (exact) mass is 615 g/mol. The zero-order chi connectivity index (χ0) is 32.5. The molecule has 0 bridgehead atoms. The highest BCUT2D eigenvalue weighted by Crippen LogP contribution is 2.28. The van der Waals surface area contributed by atoms with Gasteiger partial charge in [0.2, 0.25) is 0 Å². The normalized spacial score (nSPS) is 16.4. The average Bonchev–Trinajstić information content (AvgIpc) is 3.44. The van der Waals surface area contributed by atoms with E-state index in [0.29, 0.717) is 18.7 Å². The summed E-state index contributed by atoms with van der Waals surface area (Å²) < 4.78 is 11.0. The Morgan fingerprint density at radius 2 is 1.60 bits per heavy atom. The third-order valence-electron chi connectivity index (χ3n) is 8.37. The number of rotatable bonds is 15. The zero-order valence-corrected chi connectivity index (χ0v) is 26.5. The van der Waals surface area contributed by atoms with Crippen LogP contribution >= 0.6 is 0 Å². The van der Waals surface area contributed by atoms with Crippen LogP contribution in [-0.2, 0) is 20.7 Å². The van der Waals surface area contributed by atoms with Gasteiger partial charge in [0.05, 0.1) is 30.8 Å². The van der Waals surface area contributed by atoms with Gasteiger partial charge in [0.25, 0.3) is 5.91 Å². The number of amides is 2. The highest BCUT2D eigenvalue weighted by Gasteiger charge is 2.41. The second-order valence-electron chi connectivity index (χ2n) is 12.1. The molecule has 9 nitrogen and oxygen atoms in total. The molecule has 4 N–H and O–H groups in total. The van der Waals surface area contributed by atoms with Crippen molar-refractivity contribution in [3.63, 3.8) is 0 Å². The van der Waals surface area contributed by atoms with Gasteiger partial charge >= 0.3 is 6.09 Å². The Morgan fingerprint density at radius 1 is 0.978 bits per heavy atom. The molecular formula is C36H45N3O6. The molecule has 1 aliphatic rings. The molecule has 1 aliphatic heterocycles. The minimum absolute atomic E-state index is 0.0169. The van der Waals surface area contributed by atoms with Crippen molar-refractivity contribution < 1.29 is 29.0 Å². The first-order chi connectivity index (χ1) is 21.6. The summed E-state index contributed by atoms with van der Waals surface area (Å²) in [5.74, 6) is -0.827. The first-order valence-electron chi connectivity index (χ1n) is 15.5. The predicted octanol–water partition coefficient (Wildman–Crippen LogP) is 4.52. The molecule has 1 fully saturated rings. The van der Waals surface area contributed by atoms with Gasteiger partial charge in [0.1, 0.15) is 12.4 Å². The lowest BCUT2D eigenvalue weighted by Crippen LogP contribution is -2.53. The molecule has 9 heteroatoms. The quantitative estimate of drug-likeness (QED) is 0.229. The van der Waals surface area contributed by atoms with E-state index in [4.69, 9.17) is 15.2 Å². The number of aliphatic hydroxyl groups is 1. The molecule has 5 atom stereocenters. The Hall–Kier alpha value is -4.21. The van der Waals surface area contributed by atoms with Crippen LogP contribution in [0.2, 0.25) is 0 Å². The maximum absolute atomic E-state index is 14.3. The van der Waals surface area contributed by atoms with E-state index in [-0.39, 0.29) is 31.3 Å². The topological polar surface area (TPSA) is 131 Å². The molecule has 45 heavy (non-hydrogen) atoms. The Labute approximate surface area is 265 Å². The summed E-state index contributed by atoms with van der Waals surface area (Å²) in [5.41, 5.74) is 10.2. The van der Waals surface area contributed by atoms with Gasteiger partial charge in [-0.2, -0.15) is 0 Å². The number of aliphatic hydroxyl groups excluding tert-OH is 1. The van der Waals surface area contributed by atoms with Crippen LogP contribution < -0.4 is 15.8 Å². The van der Waals surface area contributed by atoms with Crippen LogP contribution in [0.3, 0.4) is 0 Å². The summed E-state index contributed by atoms with van der Waals surface area (Å²) in [6.45, 7) is 7.90. The van der Waals surface area contributed by atoms with Crippen molar-refractivity contribution in [3.05, 3.63) is 101 Å². The van der Waals surface area contributed by atoms with E-state index in [1.165, 1.54) is 4.90 Å². The summed E-state index contributed by atoms with van der Waals surface area (Å²) in [5, 5.41) is 14.7. The van der Waals surface area contributed by atoms with Crippen molar-refractivity contribution in [2.24, 2.45) is 17.6 Å². The fraction of sp³-hybridized carbons (Fsp3) is 0.417. The number of para-hydroxylation sites is 1. The third-order valence-corrected chi connectivity index (χ3v) is 8.37. The van der Waals surface area contributed by atoms with E-state index < -0.39 is 42.1 Å². The molecule has 3 unspecified atom stereocenters. The second kappa shape index (κ2) is 15.7. The van der Waals surface area contributed by atoms with Crippen LogP contribution in [0.15, 0.2) is 78.9 Å². The van der Waals surface area contributed by atoms with Crippen LogP contribution in [0.5, 0.6) is 5.75 Å². The van der Waals surface area contributed by atoms with Crippen LogP contribution in [0.25, 0.3) is 0 Å². The van der Waals surface area contributed by atoms with Crippen LogP contribution in [0.1, 0.15) is 48.6 Å². The van der Waals surface area contributed by atoms with Crippen LogP contribution in [0, 0.1) is 25.7 Å². The fourth-order valence-corrected chi connectivity index (χ4v) is 6.08. The Morgan fingerprint density at radius 3 is 2.18 bits per heavy atom. The molecule has 1 heterocycles. The van der Waals surface area contributed by atoms with Gasteiger partial charge < -0.3 is 25.6 Å². The molecule has 0 aliphatic carbocycles. The van der Waals surface area contributed by atoms with E-state index in [2.05, 4.69) is 5.32 Å². The largest absolute Gasteiger partial charge is 0.483 e. The van der Waals surface area contributed by atoms with Gasteiger partial charge in [0.15, 0.2) is 12.4 Å². The summed E-state index contributed by atoms with van der Waals surface area (Å²) in [7, 11) is 0. The predicted molar refractivity (Wildman–Crippen MR) is 173 cm³/mol. The number of hydrogen-bond acceptors (Lipinski definition) is 7. The van der Waals surface area contributed by atoms with Gasteiger partial charge in [-0.3, -0.25) is 14.5 Å². The number of aryl methyl sites for hydroxylation is 2. The Kier molecular flexibility index (Phi) is 11.7. The van der Waals surface area contributed by atoms with Crippen LogP contribution in [0.4, 0.5) is 4.79 Å². The lowest BCUT2D eigenvalue weighted by Gasteiger charge is -2.34. The highest BCUT2D eigenvalue weighted by atomic mass is 16.6. The number of Topliss-reactive ketones (excluding diaryl/α,β-unsaturated/α-hetero) is 1. The van der Waals surface area contributed by atoms with Gasteiger partial charge in [-0.15, -0.1) is 0 Å². The molecule has 3 aromatic carbocycles. The Bertz CT molecular complexity index is 1410. The number of nitrogens with two attached hydrogens (primary N) is 1. The van der Waals surface area contributed by atoms with Crippen molar-refractivity contribution >= 4 is 17.8 Å².